The predicted molar refractivity (Wildman–Crippen MR) is 69.1 cm³/mol. The maximum absolute atomic E-state index is 6.22. The standard InChI is InChI=1S/C11H17BrN2S/c1-14(8-11(13)3-2-4-11)6-10-5-9(12)7-15-10/h5,7H,2-4,6,8,13H2,1H3. The lowest BCUT2D eigenvalue weighted by Crippen LogP contribution is -2.54. The Labute approximate surface area is 104 Å². The number of rotatable bonds is 4. The molecule has 2 rings (SSSR count). The molecule has 1 fully saturated rings. The fourth-order valence-corrected chi connectivity index (χ4v) is 3.62. The molecule has 1 aliphatic rings. The Bertz CT molecular complexity index is 333. The van der Waals surface area contributed by atoms with Crippen molar-refractivity contribution in [1.29, 1.82) is 0 Å². The van der Waals surface area contributed by atoms with Crippen LogP contribution < -0.4 is 5.73 Å². The molecule has 4 heteroatoms. The highest BCUT2D eigenvalue weighted by molar-refractivity contribution is 9.10. The van der Waals surface area contributed by atoms with Crippen LogP contribution in [0.15, 0.2) is 15.9 Å². The number of hydrogen-bond acceptors (Lipinski definition) is 3. The van der Waals surface area contributed by atoms with Crippen molar-refractivity contribution in [2.24, 2.45) is 5.73 Å². The molecule has 0 saturated heterocycles. The van der Waals surface area contributed by atoms with Crippen LogP contribution in [0.2, 0.25) is 0 Å². The molecule has 1 heterocycles. The van der Waals surface area contributed by atoms with Crippen molar-refractivity contribution in [3.8, 4) is 0 Å². The molecular weight excluding hydrogens is 272 g/mol. The molecule has 0 atom stereocenters. The molecule has 0 aliphatic heterocycles. The first-order chi connectivity index (χ1) is 7.07. The van der Waals surface area contributed by atoms with Crippen molar-refractivity contribution >= 4 is 27.3 Å². The molecule has 1 aliphatic carbocycles. The second-order valence-corrected chi connectivity index (χ2v) is 6.53. The van der Waals surface area contributed by atoms with E-state index in [1.807, 2.05) is 0 Å². The van der Waals surface area contributed by atoms with Crippen LogP contribution in [0, 0.1) is 0 Å². The van der Waals surface area contributed by atoms with Gasteiger partial charge in [0.2, 0.25) is 0 Å². The number of nitrogens with zero attached hydrogens (tertiary/aromatic N) is 1. The SMILES string of the molecule is CN(Cc1cc(Br)cs1)CC1(N)CCC1. The number of likely N-dealkylation sites (N-methyl/N-ethyl adjacent to an activating group) is 1. The summed E-state index contributed by atoms with van der Waals surface area (Å²) in [5, 5.41) is 2.13. The van der Waals surface area contributed by atoms with Crippen molar-refractivity contribution in [2.75, 3.05) is 13.6 Å². The average molecular weight is 289 g/mol. The summed E-state index contributed by atoms with van der Waals surface area (Å²) in [5.74, 6) is 0. The van der Waals surface area contributed by atoms with Gasteiger partial charge in [0.05, 0.1) is 0 Å². The molecule has 0 unspecified atom stereocenters. The van der Waals surface area contributed by atoms with E-state index in [1.54, 1.807) is 11.3 Å². The third-order valence-corrected chi connectivity index (χ3v) is 4.66. The topological polar surface area (TPSA) is 29.3 Å². The van der Waals surface area contributed by atoms with Crippen molar-refractivity contribution in [3.05, 3.63) is 20.8 Å². The largest absolute Gasteiger partial charge is 0.324 e. The summed E-state index contributed by atoms with van der Waals surface area (Å²) in [4.78, 5) is 3.73. The van der Waals surface area contributed by atoms with Crippen LogP contribution in [0.25, 0.3) is 0 Å². The summed E-state index contributed by atoms with van der Waals surface area (Å²) < 4.78 is 1.18. The highest BCUT2D eigenvalue weighted by atomic mass is 79.9. The van der Waals surface area contributed by atoms with E-state index in [-0.39, 0.29) is 5.54 Å². The molecule has 0 amide bonds. The Balaban J connectivity index is 1.84. The summed E-state index contributed by atoms with van der Waals surface area (Å²) in [7, 11) is 2.15. The zero-order valence-corrected chi connectivity index (χ0v) is 11.4. The van der Waals surface area contributed by atoms with Gasteiger partial charge in [-0.05, 0) is 48.3 Å². The molecule has 1 aromatic heterocycles. The van der Waals surface area contributed by atoms with Crippen molar-refractivity contribution in [2.45, 2.75) is 31.3 Å². The summed E-state index contributed by atoms with van der Waals surface area (Å²) >= 11 is 5.28. The highest BCUT2D eigenvalue weighted by Gasteiger charge is 2.33. The van der Waals surface area contributed by atoms with Crippen molar-refractivity contribution < 1.29 is 0 Å². The van der Waals surface area contributed by atoms with E-state index in [2.05, 4.69) is 39.3 Å². The second kappa shape index (κ2) is 4.53. The van der Waals surface area contributed by atoms with Crippen LogP contribution in [0.4, 0.5) is 0 Å². The fraction of sp³-hybridized carbons (Fsp3) is 0.636. The van der Waals surface area contributed by atoms with Crippen molar-refractivity contribution in [1.82, 2.24) is 4.90 Å². The zero-order valence-electron chi connectivity index (χ0n) is 9.00. The molecule has 15 heavy (non-hydrogen) atoms. The van der Waals surface area contributed by atoms with Gasteiger partial charge in [0.15, 0.2) is 0 Å². The second-order valence-electron chi connectivity index (χ2n) is 4.62. The first-order valence-corrected chi connectivity index (χ1v) is 6.95. The first-order valence-electron chi connectivity index (χ1n) is 5.28. The first kappa shape index (κ1) is 11.6. The van der Waals surface area contributed by atoms with E-state index in [0.717, 1.165) is 13.1 Å². The Hall–Kier alpha value is 0.1000. The molecule has 1 saturated carbocycles. The lowest BCUT2D eigenvalue weighted by Gasteiger charge is -2.40. The van der Waals surface area contributed by atoms with E-state index in [9.17, 15) is 0 Å². The lowest BCUT2D eigenvalue weighted by molar-refractivity contribution is 0.162. The number of nitrogens with two attached hydrogens (primary N) is 1. The van der Waals surface area contributed by atoms with Crippen LogP contribution in [0.3, 0.4) is 0 Å². The van der Waals surface area contributed by atoms with E-state index in [1.165, 1.54) is 28.6 Å². The third kappa shape index (κ3) is 3.03. The van der Waals surface area contributed by atoms with Gasteiger partial charge in [-0.1, -0.05) is 0 Å². The number of halogens is 1. The molecule has 0 spiro atoms. The van der Waals surface area contributed by atoms with Crippen LogP contribution >= 0.6 is 27.3 Å². The monoisotopic (exact) mass is 288 g/mol. The minimum absolute atomic E-state index is 0.100. The normalized spacial score (nSPS) is 19.2. The molecule has 0 radical (unpaired) electrons. The maximum Gasteiger partial charge on any atom is 0.0326 e. The Morgan fingerprint density at radius 1 is 1.60 bits per heavy atom. The predicted octanol–water partition coefficient (Wildman–Crippen LogP) is 2.82. The Morgan fingerprint density at radius 3 is 2.80 bits per heavy atom. The lowest BCUT2D eigenvalue weighted by atomic mass is 9.77. The van der Waals surface area contributed by atoms with Gasteiger partial charge in [0.1, 0.15) is 0 Å². The zero-order chi connectivity index (χ0) is 10.9. The van der Waals surface area contributed by atoms with Gasteiger partial charge in [0, 0.05) is 33.4 Å². The summed E-state index contributed by atoms with van der Waals surface area (Å²) in [6.07, 6.45) is 3.67. The Kier molecular flexibility index (Phi) is 3.50. The summed E-state index contributed by atoms with van der Waals surface area (Å²) in [5.41, 5.74) is 6.32. The van der Waals surface area contributed by atoms with Gasteiger partial charge in [-0.2, -0.15) is 0 Å². The Morgan fingerprint density at radius 2 is 2.33 bits per heavy atom. The minimum Gasteiger partial charge on any atom is -0.324 e. The average Bonchev–Trinajstić information content (AvgIpc) is 2.48. The number of hydrogen-bond donors (Lipinski definition) is 1. The smallest absolute Gasteiger partial charge is 0.0326 e. The van der Waals surface area contributed by atoms with Gasteiger partial charge in [-0.15, -0.1) is 11.3 Å². The molecule has 0 aromatic carbocycles. The minimum atomic E-state index is 0.100. The summed E-state index contributed by atoms with van der Waals surface area (Å²) in [6.45, 7) is 2.03. The van der Waals surface area contributed by atoms with Gasteiger partial charge in [0.25, 0.3) is 0 Å². The molecule has 2 N–H and O–H groups in total. The fourth-order valence-electron chi connectivity index (χ4n) is 2.09. The molecule has 1 aromatic rings. The van der Waals surface area contributed by atoms with E-state index in [0.29, 0.717) is 0 Å². The highest BCUT2D eigenvalue weighted by Crippen LogP contribution is 2.30. The van der Waals surface area contributed by atoms with Crippen LogP contribution in [-0.4, -0.2) is 24.0 Å². The summed E-state index contributed by atoms with van der Waals surface area (Å²) in [6, 6.07) is 2.19. The van der Waals surface area contributed by atoms with Gasteiger partial charge in [-0.3, -0.25) is 4.90 Å². The molecule has 0 bridgehead atoms. The molecular formula is C11H17BrN2S. The van der Waals surface area contributed by atoms with Gasteiger partial charge in [-0.25, -0.2) is 0 Å². The van der Waals surface area contributed by atoms with Gasteiger partial charge < -0.3 is 5.73 Å². The third-order valence-electron chi connectivity index (χ3n) is 2.98. The van der Waals surface area contributed by atoms with Crippen LogP contribution in [-0.2, 0) is 6.54 Å². The van der Waals surface area contributed by atoms with Crippen LogP contribution in [0.1, 0.15) is 24.1 Å². The van der Waals surface area contributed by atoms with Crippen molar-refractivity contribution in [3.63, 3.8) is 0 Å². The van der Waals surface area contributed by atoms with E-state index < -0.39 is 0 Å². The molecule has 2 nitrogen and oxygen atoms in total. The van der Waals surface area contributed by atoms with Gasteiger partial charge >= 0.3 is 0 Å². The van der Waals surface area contributed by atoms with E-state index >= 15 is 0 Å². The number of thiophene rings is 1. The van der Waals surface area contributed by atoms with E-state index in [4.69, 9.17) is 5.73 Å². The van der Waals surface area contributed by atoms with Crippen LogP contribution in [0.5, 0.6) is 0 Å². The quantitative estimate of drug-likeness (QED) is 0.923. The molecule has 84 valence electrons. The maximum atomic E-state index is 6.22.